The Hall–Kier alpha value is -2.46. The standard InChI is InChI=1S/C12H14F3N7O/c1-21-6-8(17-20-21)11(23)16-4-10-19-18-9-3-2-7(5-22(9)10)12(13,14)15/h6-7H,2-5H2,1H3,(H,16,23)/t7-/m0/s1. The molecule has 0 spiro atoms. The lowest BCUT2D eigenvalue weighted by atomic mass is 9.99. The number of fused-ring (bicyclic) bond motifs is 1. The molecule has 0 radical (unpaired) electrons. The van der Waals surface area contributed by atoms with Gasteiger partial charge in [-0.3, -0.25) is 9.48 Å². The Balaban J connectivity index is 1.68. The molecule has 0 unspecified atom stereocenters. The minimum Gasteiger partial charge on any atom is -0.343 e. The second kappa shape index (κ2) is 5.63. The molecule has 0 saturated carbocycles. The Kier molecular flexibility index (Phi) is 3.78. The van der Waals surface area contributed by atoms with Crippen LogP contribution in [0.1, 0.15) is 28.6 Å². The molecule has 3 rings (SSSR count). The molecule has 1 aliphatic heterocycles. The normalized spacial score (nSPS) is 17.8. The molecule has 3 heterocycles. The molecule has 1 aliphatic rings. The van der Waals surface area contributed by atoms with E-state index in [2.05, 4.69) is 25.8 Å². The lowest BCUT2D eigenvalue weighted by Crippen LogP contribution is -2.34. The third-order valence-electron chi connectivity index (χ3n) is 3.73. The number of rotatable bonds is 3. The van der Waals surface area contributed by atoms with Crippen molar-refractivity contribution in [3.63, 3.8) is 0 Å². The summed E-state index contributed by atoms with van der Waals surface area (Å²) in [5, 5.41) is 17.6. The van der Waals surface area contributed by atoms with Crippen molar-refractivity contribution in [3.8, 4) is 0 Å². The summed E-state index contributed by atoms with van der Waals surface area (Å²) < 4.78 is 41.4. The number of aromatic nitrogens is 6. The van der Waals surface area contributed by atoms with E-state index in [1.54, 1.807) is 7.05 Å². The average molecular weight is 329 g/mol. The second-order valence-corrected chi connectivity index (χ2v) is 5.38. The number of nitrogens with one attached hydrogen (secondary N) is 1. The van der Waals surface area contributed by atoms with Gasteiger partial charge in [-0.25, -0.2) is 0 Å². The van der Waals surface area contributed by atoms with Crippen LogP contribution in [0.4, 0.5) is 13.2 Å². The summed E-state index contributed by atoms with van der Waals surface area (Å²) in [6, 6.07) is 0. The van der Waals surface area contributed by atoms with Crippen molar-refractivity contribution < 1.29 is 18.0 Å². The predicted octanol–water partition coefficient (Wildman–Crippen LogP) is 0.461. The van der Waals surface area contributed by atoms with Gasteiger partial charge in [0.05, 0.1) is 18.7 Å². The van der Waals surface area contributed by atoms with Crippen LogP contribution >= 0.6 is 0 Å². The van der Waals surface area contributed by atoms with Crippen molar-refractivity contribution in [2.45, 2.75) is 32.1 Å². The molecule has 11 heteroatoms. The molecule has 2 aromatic heterocycles. The first-order valence-corrected chi connectivity index (χ1v) is 6.97. The summed E-state index contributed by atoms with van der Waals surface area (Å²) in [7, 11) is 1.62. The highest BCUT2D eigenvalue weighted by Crippen LogP contribution is 2.34. The van der Waals surface area contributed by atoms with E-state index in [0.29, 0.717) is 11.6 Å². The van der Waals surface area contributed by atoms with E-state index >= 15 is 0 Å². The maximum Gasteiger partial charge on any atom is 0.393 e. The van der Waals surface area contributed by atoms with Gasteiger partial charge in [-0.15, -0.1) is 15.3 Å². The lowest BCUT2D eigenvalue weighted by Gasteiger charge is -2.26. The fourth-order valence-corrected chi connectivity index (χ4v) is 2.48. The van der Waals surface area contributed by atoms with Crippen LogP contribution in [0.3, 0.4) is 0 Å². The number of carbonyl (C=O) groups is 1. The minimum absolute atomic E-state index is 0.00754. The number of alkyl halides is 3. The van der Waals surface area contributed by atoms with Gasteiger partial charge in [0.1, 0.15) is 5.82 Å². The van der Waals surface area contributed by atoms with Gasteiger partial charge in [-0.1, -0.05) is 5.21 Å². The van der Waals surface area contributed by atoms with Crippen molar-refractivity contribution in [2.24, 2.45) is 13.0 Å². The smallest absolute Gasteiger partial charge is 0.343 e. The van der Waals surface area contributed by atoms with Crippen LogP contribution in [-0.2, 0) is 26.6 Å². The Labute approximate surface area is 128 Å². The van der Waals surface area contributed by atoms with Crippen molar-refractivity contribution in [3.05, 3.63) is 23.5 Å². The SMILES string of the molecule is Cn1cc(C(=O)NCc2nnc3n2C[C@@H](C(F)(F)F)CC3)nn1. The lowest BCUT2D eigenvalue weighted by molar-refractivity contribution is -0.182. The molecular weight excluding hydrogens is 315 g/mol. The Morgan fingerprint density at radius 3 is 2.83 bits per heavy atom. The molecule has 0 saturated heterocycles. The summed E-state index contributed by atoms with van der Waals surface area (Å²) in [4.78, 5) is 11.9. The summed E-state index contributed by atoms with van der Waals surface area (Å²) in [6.07, 6.45) is -2.58. The minimum atomic E-state index is -4.25. The van der Waals surface area contributed by atoms with Gasteiger partial charge in [-0.05, 0) is 6.42 Å². The number of halogens is 3. The predicted molar refractivity (Wildman–Crippen MR) is 70.1 cm³/mol. The first-order valence-electron chi connectivity index (χ1n) is 6.97. The quantitative estimate of drug-likeness (QED) is 0.883. The summed E-state index contributed by atoms with van der Waals surface area (Å²) >= 11 is 0. The van der Waals surface area contributed by atoms with Crippen LogP contribution in [0.15, 0.2) is 6.20 Å². The number of hydrogen-bond donors (Lipinski definition) is 1. The molecule has 124 valence electrons. The monoisotopic (exact) mass is 329 g/mol. The van der Waals surface area contributed by atoms with Gasteiger partial charge in [0.25, 0.3) is 5.91 Å². The molecular formula is C12H14F3N7O. The summed E-state index contributed by atoms with van der Waals surface area (Å²) in [5.41, 5.74) is 0.124. The van der Waals surface area contributed by atoms with Crippen LogP contribution in [0, 0.1) is 5.92 Å². The number of aryl methyl sites for hydroxylation is 2. The number of nitrogens with zero attached hydrogens (tertiary/aromatic N) is 6. The third kappa shape index (κ3) is 3.17. The van der Waals surface area contributed by atoms with Crippen molar-refractivity contribution >= 4 is 5.91 Å². The summed E-state index contributed by atoms with van der Waals surface area (Å²) in [5.74, 6) is -1.08. The maximum absolute atomic E-state index is 12.9. The molecule has 1 amide bonds. The Morgan fingerprint density at radius 1 is 1.39 bits per heavy atom. The van der Waals surface area contributed by atoms with Gasteiger partial charge in [0.15, 0.2) is 11.5 Å². The van der Waals surface area contributed by atoms with E-state index in [-0.39, 0.29) is 31.6 Å². The molecule has 0 aliphatic carbocycles. The van der Waals surface area contributed by atoms with Crippen LogP contribution in [0.25, 0.3) is 0 Å². The molecule has 2 aromatic rings. The first kappa shape index (κ1) is 15.4. The van der Waals surface area contributed by atoms with Gasteiger partial charge in [0, 0.05) is 20.0 Å². The molecule has 0 aromatic carbocycles. The zero-order valence-electron chi connectivity index (χ0n) is 12.2. The molecule has 1 atom stereocenters. The fourth-order valence-electron chi connectivity index (χ4n) is 2.48. The highest BCUT2D eigenvalue weighted by molar-refractivity contribution is 5.91. The fraction of sp³-hybridized carbons (Fsp3) is 0.583. The third-order valence-corrected chi connectivity index (χ3v) is 3.73. The molecule has 1 N–H and O–H groups in total. The zero-order chi connectivity index (χ0) is 16.6. The van der Waals surface area contributed by atoms with Crippen molar-refractivity contribution in [2.75, 3.05) is 0 Å². The second-order valence-electron chi connectivity index (χ2n) is 5.38. The topological polar surface area (TPSA) is 90.5 Å². The van der Waals surface area contributed by atoms with Gasteiger partial charge < -0.3 is 9.88 Å². The molecule has 0 fully saturated rings. The van der Waals surface area contributed by atoms with Crippen LogP contribution in [0.2, 0.25) is 0 Å². The Morgan fingerprint density at radius 2 is 2.17 bits per heavy atom. The van der Waals surface area contributed by atoms with Crippen LogP contribution in [-0.4, -0.2) is 41.8 Å². The molecule has 23 heavy (non-hydrogen) atoms. The highest BCUT2D eigenvalue weighted by atomic mass is 19.4. The van der Waals surface area contributed by atoms with Gasteiger partial charge in [0.2, 0.25) is 0 Å². The molecule has 0 bridgehead atoms. The first-order chi connectivity index (χ1) is 10.8. The van der Waals surface area contributed by atoms with Gasteiger partial charge in [-0.2, -0.15) is 13.2 Å². The Bertz CT molecular complexity index is 721. The highest BCUT2D eigenvalue weighted by Gasteiger charge is 2.42. The molecule has 8 nitrogen and oxygen atoms in total. The van der Waals surface area contributed by atoms with E-state index in [4.69, 9.17) is 0 Å². The van der Waals surface area contributed by atoms with Gasteiger partial charge >= 0.3 is 6.18 Å². The number of carbonyl (C=O) groups excluding carboxylic acids is 1. The van der Waals surface area contributed by atoms with Crippen molar-refractivity contribution in [1.82, 2.24) is 35.1 Å². The van der Waals surface area contributed by atoms with Crippen LogP contribution in [0.5, 0.6) is 0 Å². The largest absolute Gasteiger partial charge is 0.393 e. The van der Waals surface area contributed by atoms with E-state index in [1.807, 2.05) is 0 Å². The zero-order valence-corrected chi connectivity index (χ0v) is 12.2. The summed E-state index contributed by atoms with van der Waals surface area (Å²) in [6.45, 7) is -0.241. The van der Waals surface area contributed by atoms with E-state index in [9.17, 15) is 18.0 Å². The van der Waals surface area contributed by atoms with E-state index in [0.717, 1.165) is 0 Å². The van der Waals surface area contributed by atoms with Crippen molar-refractivity contribution in [1.29, 1.82) is 0 Å². The number of amides is 1. The maximum atomic E-state index is 12.9. The van der Waals surface area contributed by atoms with Crippen LogP contribution < -0.4 is 5.32 Å². The average Bonchev–Trinajstić information content (AvgIpc) is 3.09. The van der Waals surface area contributed by atoms with E-state index in [1.165, 1.54) is 15.4 Å². The number of hydrogen-bond acceptors (Lipinski definition) is 5. The van der Waals surface area contributed by atoms with E-state index < -0.39 is 18.0 Å².